The largest absolute Gasteiger partial charge is 0.496 e. The monoisotopic (exact) mass is 523 g/mol. The second-order valence-electron chi connectivity index (χ2n) is 8.95. The molecule has 2 amide bonds. The van der Waals surface area contributed by atoms with Gasteiger partial charge < -0.3 is 34.4 Å². The van der Waals surface area contributed by atoms with E-state index in [4.69, 9.17) is 9.47 Å². The Bertz CT molecular complexity index is 1110. The predicted octanol–water partition coefficient (Wildman–Crippen LogP) is 3.05. The number of nitrogens with zero attached hydrogens (tertiary/aromatic N) is 3. The number of ether oxygens (including phenoxy) is 2. The van der Waals surface area contributed by atoms with Gasteiger partial charge in [0.2, 0.25) is 5.91 Å². The first-order valence-electron chi connectivity index (χ1n) is 11.7. The second-order valence-corrected chi connectivity index (χ2v) is 9.98. The highest BCUT2D eigenvalue weighted by Gasteiger charge is 2.37. The number of anilines is 1. The Kier molecular flexibility index (Phi) is 8.93. The molecule has 2 N–H and O–H groups in total. The summed E-state index contributed by atoms with van der Waals surface area (Å²) in [5.41, 5.74) is 1.16. The molecule has 2 aromatic rings. The lowest BCUT2D eigenvalue weighted by Crippen LogP contribution is -2.51. The molecule has 0 saturated carbocycles. The quantitative estimate of drug-likeness (QED) is 0.462. The van der Waals surface area contributed by atoms with Crippen molar-refractivity contribution in [3.05, 3.63) is 45.6 Å². The molecule has 0 fully saturated rings. The number of benzene rings is 1. The number of likely N-dealkylation sites (N-methyl/N-ethyl adjacent to an activating group) is 1. The first kappa shape index (κ1) is 27.9. The molecule has 0 radical (unpaired) electrons. The van der Waals surface area contributed by atoms with E-state index in [-0.39, 0.29) is 49.8 Å². The molecular weight excluding hydrogens is 489 g/mol. The van der Waals surface area contributed by atoms with Crippen molar-refractivity contribution in [2.24, 2.45) is 0 Å². The number of thiophene rings is 1. The zero-order valence-corrected chi connectivity index (χ0v) is 22.3. The van der Waals surface area contributed by atoms with Crippen LogP contribution in [0.2, 0.25) is 0 Å². The molecule has 1 aromatic carbocycles. The molecule has 2 atom stereocenters. The van der Waals surface area contributed by atoms with Crippen molar-refractivity contribution in [3.63, 3.8) is 0 Å². The summed E-state index contributed by atoms with van der Waals surface area (Å²) in [5.74, 6) is -0.750. The maximum Gasteiger partial charge on any atom is 0.259 e. The lowest BCUT2D eigenvalue weighted by atomic mass is 10.1. The van der Waals surface area contributed by atoms with Crippen LogP contribution in [0, 0.1) is 12.7 Å². The Morgan fingerprint density at radius 3 is 2.58 bits per heavy atom. The fraction of sp³-hybridized carbons (Fsp3) is 0.520. The lowest BCUT2D eigenvalue weighted by molar-refractivity contribution is -0.132. The molecule has 0 bridgehead atoms. The highest BCUT2D eigenvalue weighted by Crippen LogP contribution is 2.43. The number of aliphatic hydroxyl groups excluding tert-OH is 2. The number of aliphatic hydroxyl groups is 2. The van der Waals surface area contributed by atoms with E-state index in [1.807, 2.05) is 13.8 Å². The van der Waals surface area contributed by atoms with Crippen LogP contribution < -0.4 is 9.64 Å². The van der Waals surface area contributed by atoms with Gasteiger partial charge in [0, 0.05) is 25.3 Å². The van der Waals surface area contributed by atoms with Gasteiger partial charge in [0.15, 0.2) is 6.29 Å². The number of hydrogen-bond acceptors (Lipinski definition) is 8. The molecule has 1 aliphatic rings. The number of carbonyl (C=O) groups excluding carboxylic acids is 2. The number of carbonyl (C=O) groups is 2. The summed E-state index contributed by atoms with van der Waals surface area (Å²) in [7, 11) is 3.11. The Hall–Kier alpha value is -2.73. The number of amides is 2. The van der Waals surface area contributed by atoms with Gasteiger partial charge in [-0.2, -0.15) is 0 Å². The van der Waals surface area contributed by atoms with Gasteiger partial charge in [-0.3, -0.25) is 9.59 Å². The maximum atomic E-state index is 14.0. The molecule has 9 nitrogen and oxygen atoms in total. The third-order valence-corrected chi connectivity index (χ3v) is 7.67. The Morgan fingerprint density at radius 2 is 1.97 bits per heavy atom. The van der Waals surface area contributed by atoms with Crippen molar-refractivity contribution >= 4 is 28.2 Å². The van der Waals surface area contributed by atoms with Gasteiger partial charge in [-0.1, -0.05) is 0 Å². The topological polar surface area (TPSA) is 103 Å². The summed E-state index contributed by atoms with van der Waals surface area (Å²) in [6, 6.07) is 3.86. The normalized spacial score (nSPS) is 15.2. The van der Waals surface area contributed by atoms with Crippen LogP contribution >= 0.6 is 11.3 Å². The Labute approximate surface area is 214 Å². The van der Waals surface area contributed by atoms with Crippen LogP contribution in [-0.2, 0) is 9.53 Å². The SMILES string of the molecule is CCOC(O)c1sc2c(c1C)C(=O)N(CC(=O)N(C)C(C)C)CN2CC(O)c1cc(F)ccc1OC. The zero-order valence-electron chi connectivity index (χ0n) is 21.4. The molecule has 2 unspecified atom stereocenters. The molecule has 2 heterocycles. The minimum atomic E-state index is -1.21. The molecule has 198 valence electrons. The molecule has 1 aromatic heterocycles. The summed E-state index contributed by atoms with van der Waals surface area (Å²) >= 11 is 1.20. The first-order chi connectivity index (χ1) is 17.0. The molecule has 36 heavy (non-hydrogen) atoms. The van der Waals surface area contributed by atoms with Crippen LogP contribution in [0.25, 0.3) is 0 Å². The van der Waals surface area contributed by atoms with Crippen molar-refractivity contribution in [2.75, 3.05) is 45.4 Å². The molecule has 3 rings (SSSR count). The second kappa shape index (κ2) is 11.5. The number of halogens is 1. The third kappa shape index (κ3) is 5.64. The number of hydrogen-bond donors (Lipinski definition) is 2. The van der Waals surface area contributed by atoms with E-state index in [0.717, 1.165) is 0 Å². The van der Waals surface area contributed by atoms with Crippen molar-refractivity contribution in [3.8, 4) is 5.75 Å². The highest BCUT2D eigenvalue weighted by atomic mass is 32.1. The Balaban J connectivity index is 2.00. The van der Waals surface area contributed by atoms with Crippen LogP contribution in [-0.4, -0.2) is 78.4 Å². The van der Waals surface area contributed by atoms with Crippen LogP contribution in [0.3, 0.4) is 0 Å². The van der Waals surface area contributed by atoms with Gasteiger partial charge in [-0.05, 0) is 51.5 Å². The summed E-state index contributed by atoms with van der Waals surface area (Å²) in [6.07, 6.45) is -2.37. The summed E-state index contributed by atoms with van der Waals surface area (Å²) < 4.78 is 24.6. The fourth-order valence-corrected chi connectivity index (χ4v) is 5.29. The number of rotatable bonds is 10. The molecule has 1 aliphatic heterocycles. The number of methoxy groups -OCH3 is 1. The van der Waals surface area contributed by atoms with Crippen LogP contribution in [0.15, 0.2) is 18.2 Å². The van der Waals surface area contributed by atoms with E-state index >= 15 is 0 Å². The van der Waals surface area contributed by atoms with Gasteiger partial charge in [-0.25, -0.2) is 4.39 Å². The van der Waals surface area contributed by atoms with E-state index < -0.39 is 18.2 Å². The number of fused-ring (bicyclic) bond motifs is 1. The van der Waals surface area contributed by atoms with Gasteiger partial charge >= 0.3 is 0 Å². The van der Waals surface area contributed by atoms with Crippen molar-refractivity contribution < 1.29 is 33.7 Å². The van der Waals surface area contributed by atoms with Crippen LogP contribution in [0.1, 0.15) is 59.5 Å². The van der Waals surface area contributed by atoms with Crippen molar-refractivity contribution in [1.29, 1.82) is 0 Å². The lowest BCUT2D eigenvalue weighted by Gasteiger charge is -2.38. The van der Waals surface area contributed by atoms with Gasteiger partial charge in [0.05, 0.1) is 30.8 Å². The van der Waals surface area contributed by atoms with E-state index in [9.17, 15) is 24.2 Å². The average molecular weight is 524 g/mol. The molecule has 0 spiro atoms. The minimum absolute atomic E-state index is 0.00503. The standard InChI is InChI=1S/C25H34FN3O6S/c1-7-35-25(33)22-15(4)21-23(32)28(12-20(31)27(5)14(2)3)13-29(24(21)36-22)11-18(30)17-10-16(26)8-9-19(17)34-6/h8-10,14,18,25,30,33H,7,11-13H2,1-6H3. The zero-order chi connectivity index (χ0) is 26.7. The van der Waals surface area contributed by atoms with Gasteiger partial charge in [-0.15, -0.1) is 11.3 Å². The molecule has 0 aliphatic carbocycles. The van der Waals surface area contributed by atoms with Crippen LogP contribution in [0.5, 0.6) is 5.75 Å². The smallest absolute Gasteiger partial charge is 0.259 e. The van der Waals surface area contributed by atoms with E-state index in [0.29, 0.717) is 26.8 Å². The summed E-state index contributed by atoms with van der Waals surface area (Å²) in [5, 5.41) is 22.1. The summed E-state index contributed by atoms with van der Waals surface area (Å²) in [4.78, 5) is 31.5. The van der Waals surface area contributed by atoms with E-state index in [1.165, 1.54) is 41.5 Å². The fourth-order valence-electron chi connectivity index (χ4n) is 4.05. The van der Waals surface area contributed by atoms with Crippen molar-refractivity contribution in [1.82, 2.24) is 9.80 Å². The maximum absolute atomic E-state index is 14.0. The van der Waals surface area contributed by atoms with E-state index in [2.05, 4.69) is 0 Å². The Morgan fingerprint density at radius 1 is 1.28 bits per heavy atom. The van der Waals surface area contributed by atoms with Gasteiger partial charge in [0.25, 0.3) is 5.91 Å². The predicted molar refractivity (Wildman–Crippen MR) is 135 cm³/mol. The van der Waals surface area contributed by atoms with Crippen LogP contribution in [0.4, 0.5) is 9.39 Å². The molecule has 11 heteroatoms. The van der Waals surface area contributed by atoms with Gasteiger partial charge in [0.1, 0.15) is 29.2 Å². The third-order valence-electron chi connectivity index (χ3n) is 6.28. The van der Waals surface area contributed by atoms with E-state index in [1.54, 1.807) is 30.7 Å². The molecule has 0 saturated heterocycles. The summed E-state index contributed by atoms with van der Waals surface area (Å²) in [6.45, 7) is 7.40. The number of β-amino-alcohol motifs (C(OH)–C–C–N with tert-alkyl or cyclic N) is 1. The molecular formula is C25H34FN3O6S. The highest BCUT2D eigenvalue weighted by molar-refractivity contribution is 7.16. The average Bonchev–Trinajstić information content (AvgIpc) is 3.19. The minimum Gasteiger partial charge on any atom is -0.496 e. The van der Waals surface area contributed by atoms with Crippen molar-refractivity contribution in [2.45, 2.75) is 46.1 Å². The first-order valence-corrected chi connectivity index (χ1v) is 12.6.